The van der Waals surface area contributed by atoms with E-state index in [1.54, 1.807) is 0 Å². The molecule has 4 nitrogen and oxygen atoms in total. The number of hydrogen-bond acceptors (Lipinski definition) is 3. The molecule has 1 saturated carbocycles. The van der Waals surface area contributed by atoms with Gasteiger partial charge in [0.1, 0.15) is 5.82 Å². The number of fused-ring (bicyclic) bond motifs is 1. The monoisotopic (exact) mass is 234 g/mol. The Labute approximate surface area is 97.2 Å². The van der Waals surface area contributed by atoms with Gasteiger partial charge in [-0.15, -0.1) is 0 Å². The summed E-state index contributed by atoms with van der Waals surface area (Å²) in [5.74, 6) is -0.972. The number of hydrogen-bond donors (Lipinski definition) is 1. The fraction of sp³-hybridized carbons (Fsp3) is 0.333. The van der Waals surface area contributed by atoms with Crippen molar-refractivity contribution >= 4 is 17.5 Å². The van der Waals surface area contributed by atoms with Gasteiger partial charge in [-0.2, -0.15) is 0 Å². The maximum absolute atomic E-state index is 13.1. The van der Waals surface area contributed by atoms with Crippen LogP contribution in [0.3, 0.4) is 0 Å². The molecule has 3 rings (SSSR count). The molecule has 2 N–H and O–H groups in total. The Kier molecular flexibility index (Phi) is 1.98. The SMILES string of the molecule is Nc1ccc(F)cc1CN1C(=O)C2CC2C1=O. The van der Waals surface area contributed by atoms with Gasteiger partial charge in [-0.1, -0.05) is 0 Å². The van der Waals surface area contributed by atoms with Gasteiger partial charge < -0.3 is 5.73 Å². The molecule has 88 valence electrons. The Morgan fingerprint density at radius 2 is 1.94 bits per heavy atom. The molecule has 1 heterocycles. The number of likely N-dealkylation sites (tertiary alicyclic amines) is 1. The third-order valence-electron chi connectivity index (χ3n) is 3.39. The summed E-state index contributed by atoms with van der Waals surface area (Å²) in [7, 11) is 0. The lowest BCUT2D eigenvalue weighted by Gasteiger charge is -2.17. The molecule has 5 heteroatoms. The number of amides is 2. The Morgan fingerprint density at radius 1 is 1.29 bits per heavy atom. The van der Waals surface area contributed by atoms with E-state index in [-0.39, 0.29) is 30.2 Å². The summed E-state index contributed by atoms with van der Waals surface area (Å²) >= 11 is 0. The van der Waals surface area contributed by atoms with Crippen molar-refractivity contribution < 1.29 is 14.0 Å². The Balaban J connectivity index is 1.85. The quantitative estimate of drug-likeness (QED) is 0.611. The standard InChI is InChI=1S/C12H11FN2O2/c13-7-1-2-10(14)6(3-7)5-15-11(16)8-4-9(8)12(15)17/h1-3,8-9H,4-5,14H2. The van der Waals surface area contributed by atoms with E-state index in [1.165, 1.54) is 23.1 Å². The molecule has 2 fully saturated rings. The first kappa shape index (κ1) is 10.3. The molecular weight excluding hydrogens is 223 g/mol. The van der Waals surface area contributed by atoms with Crippen LogP contribution in [-0.2, 0) is 16.1 Å². The van der Waals surface area contributed by atoms with E-state index >= 15 is 0 Å². The average molecular weight is 234 g/mol. The predicted octanol–water partition coefficient (Wildman–Crippen LogP) is 0.913. The molecule has 1 aliphatic carbocycles. The third-order valence-corrected chi connectivity index (χ3v) is 3.39. The normalized spacial score (nSPS) is 26.3. The minimum Gasteiger partial charge on any atom is -0.398 e. The van der Waals surface area contributed by atoms with Gasteiger partial charge in [0.25, 0.3) is 0 Å². The second-order valence-corrected chi connectivity index (χ2v) is 4.55. The van der Waals surface area contributed by atoms with Crippen LogP contribution in [0, 0.1) is 17.7 Å². The second-order valence-electron chi connectivity index (χ2n) is 4.55. The summed E-state index contributed by atoms with van der Waals surface area (Å²) in [6.45, 7) is 0.0776. The molecule has 0 spiro atoms. The number of nitrogens with zero attached hydrogens (tertiary/aromatic N) is 1. The van der Waals surface area contributed by atoms with E-state index in [1.807, 2.05) is 0 Å². The molecule has 1 aromatic carbocycles. The molecule has 0 aromatic heterocycles. The molecular formula is C12H11FN2O2. The largest absolute Gasteiger partial charge is 0.398 e. The van der Waals surface area contributed by atoms with Gasteiger partial charge in [-0.3, -0.25) is 14.5 Å². The topological polar surface area (TPSA) is 63.4 Å². The van der Waals surface area contributed by atoms with Crippen molar-refractivity contribution in [3.8, 4) is 0 Å². The van der Waals surface area contributed by atoms with Crippen LogP contribution in [0.15, 0.2) is 18.2 Å². The highest BCUT2D eigenvalue weighted by Crippen LogP contribution is 2.47. The van der Waals surface area contributed by atoms with Gasteiger partial charge in [0, 0.05) is 5.69 Å². The summed E-state index contributed by atoms with van der Waals surface area (Å²) in [5, 5.41) is 0. The highest BCUT2D eigenvalue weighted by molar-refractivity contribution is 6.08. The fourth-order valence-electron chi connectivity index (χ4n) is 2.29. The summed E-state index contributed by atoms with van der Waals surface area (Å²) in [5.41, 5.74) is 6.56. The molecule has 0 radical (unpaired) electrons. The zero-order valence-corrected chi connectivity index (χ0v) is 9.02. The number of carbonyl (C=O) groups is 2. The van der Waals surface area contributed by atoms with Crippen molar-refractivity contribution in [1.82, 2.24) is 4.90 Å². The van der Waals surface area contributed by atoms with Crippen molar-refractivity contribution in [2.75, 3.05) is 5.73 Å². The molecule has 1 saturated heterocycles. The number of imide groups is 1. The average Bonchev–Trinajstić information content (AvgIpc) is 3.04. The van der Waals surface area contributed by atoms with Crippen LogP contribution >= 0.6 is 0 Å². The summed E-state index contributed by atoms with van der Waals surface area (Å²) in [6, 6.07) is 3.96. The van der Waals surface area contributed by atoms with E-state index < -0.39 is 5.82 Å². The minimum atomic E-state index is -0.418. The van der Waals surface area contributed by atoms with Gasteiger partial charge in [-0.05, 0) is 30.2 Å². The van der Waals surface area contributed by atoms with E-state index in [2.05, 4.69) is 0 Å². The van der Waals surface area contributed by atoms with E-state index in [0.29, 0.717) is 17.7 Å². The molecule has 2 aliphatic rings. The molecule has 2 amide bonds. The van der Waals surface area contributed by atoms with Crippen LogP contribution in [0.1, 0.15) is 12.0 Å². The first-order chi connectivity index (χ1) is 8.08. The van der Waals surface area contributed by atoms with Crippen LogP contribution in [0.25, 0.3) is 0 Å². The fourth-order valence-corrected chi connectivity index (χ4v) is 2.29. The van der Waals surface area contributed by atoms with Crippen LogP contribution in [0.2, 0.25) is 0 Å². The van der Waals surface area contributed by atoms with Gasteiger partial charge >= 0.3 is 0 Å². The van der Waals surface area contributed by atoms with Crippen LogP contribution in [-0.4, -0.2) is 16.7 Å². The Morgan fingerprint density at radius 3 is 2.59 bits per heavy atom. The third kappa shape index (κ3) is 1.50. The van der Waals surface area contributed by atoms with Crippen molar-refractivity contribution in [3.05, 3.63) is 29.6 Å². The van der Waals surface area contributed by atoms with Gasteiger partial charge in [-0.25, -0.2) is 4.39 Å². The van der Waals surface area contributed by atoms with Crippen molar-refractivity contribution in [2.24, 2.45) is 11.8 Å². The predicted molar refractivity (Wildman–Crippen MR) is 58.0 cm³/mol. The number of halogens is 1. The molecule has 1 aliphatic heterocycles. The van der Waals surface area contributed by atoms with Gasteiger partial charge in [0.2, 0.25) is 11.8 Å². The van der Waals surface area contributed by atoms with Crippen molar-refractivity contribution in [2.45, 2.75) is 13.0 Å². The lowest BCUT2D eigenvalue weighted by atomic mass is 10.1. The van der Waals surface area contributed by atoms with Gasteiger partial charge in [0.05, 0.1) is 18.4 Å². The lowest BCUT2D eigenvalue weighted by Crippen LogP contribution is -2.32. The molecule has 2 unspecified atom stereocenters. The highest BCUT2D eigenvalue weighted by Gasteiger charge is 2.58. The van der Waals surface area contributed by atoms with Crippen molar-refractivity contribution in [1.29, 1.82) is 0 Å². The minimum absolute atomic E-state index is 0.0776. The zero-order valence-electron chi connectivity index (χ0n) is 9.02. The summed E-state index contributed by atoms with van der Waals surface area (Å²) < 4.78 is 13.1. The summed E-state index contributed by atoms with van der Waals surface area (Å²) in [4.78, 5) is 24.6. The zero-order chi connectivity index (χ0) is 12.2. The van der Waals surface area contributed by atoms with E-state index in [0.717, 1.165) is 0 Å². The maximum Gasteiger partial charge on any atom is 0.233 e. The second kappa shape index (κ2) is 3.29. The lowest BCUT2D eigenvalue weighted by molar-refractivity contribution is -0.142. The van der Waals surface area contributed by atoms with Crippen LogP contribution in [0.4, 0.5) is 10.1 Å². The number of anilines is 1. The summed E-state index contributed by atoms with van der Waals surface area (Å²) in [6.07, 6.45) is 0.673. The number of benzene rings is 1. The van der Waals surface area contributed by atoms with Crippen LogP contribution < -0.4 is 5.73 Å². The Hall–Kier alpha value is -1.91. The number of piperidine rings is 1. The van der Waals surface area contributed by atoms with Crippen LogP contribution in [0.5, 0.6) is 0 Å². The highest BCUT2D eigenvalue weighted by atomic mass is 19.1. The molecule has 0 bridgehead atoms. The first-order valence-corrected chi connectivity index (χ1v) is 5.47. The van der Waals surface area contributed by atoms with E-state index in [4.69, 9.17) is 5.73 Å². The Bertz CT molecular complexity index is 509. The number of nitrogen functional groups attached to an aromatic ring is 1. The molecule has 1 aromatic rings. The number of rotatable bonds is 2. The molecule has 17 heavy (non-hydrogen) atoms. The number of nitrogens with two attached hydrogens (primary N) is 1. The number of carbonyl (C=O) groups excluding carboxylic acids is 2. The maximum atomic E-state index is 13.1. The molecule has 2 atom stereocenters. The van der Waals surface area contributed by atoms with Gasteiger partial charge in [0.15, 0.2) is 0 Å². The van der Waals surface area contributed by atoms with Crippen molar-refractivity contribution in [3.63, 3.8) is 0 Å². The first-order valence-electron chi connectivity index (χ1n) is 5.47. The smallest absolute Gasteiger partial charge is 0.233 e. The van der Waals surface area contributed by atoms with E-state index in [9.17, 15) is 14.0 Å².